The molecule has 0 saturated carbocycles. The number of benzene rings is 3. The first kappa shape index (κ1) is 23.9. The summed E-state index contributed by atoms with van der Waals surface area (Å²) in [5, 5.41) is 3.37. The van der Waals surface area contributed by atoms with E-state index in [9.17, 15) is 14.4 Å². The fourth-order valence-electron chi connectivity index (χ4n) is 4.35. The summed E-state index contributed by atoms with van der Waals surface area (Å²) in [4.78, 5) is 40.1. The van der Waals surface area contributed by atoms with Gasteiger partial charge in [0.05, 0.1) is 14.2 Å². The SMILES string of the molecule is COc1cc(NC(=O)Cn2c(=O)n(CCc3ccccc3)c(=O)c3oc4ccccc4c32)cc(OC)c1. The average molecular weight is 500 g/mol. The van der Waals surface area contributed by atoms with Crippen LogP contribution in [-0.4, -0.2) is 29.3 Å². The molecule has 0 bridgehead atoms. The van der Waals surface area contributed by atoms with E-state index in [1.807, 2.05) is 30.3 Å². The maximum absolute atomic E-state index is 13.6. The van der Waals surface area contributed by atoms with Crippen LogP contribution in [0.4, 0.5) is 5.69 Å². The van der Waals surface area contributed by atoms with Gasteiger partial charge in [-0.25, -0.2) is 4.79 Å². The number of fused-ring (bicyclic) bond motifs is 3. The number of furan rings is 1. The summed E-state index contributed by atoms with van der Waals surface area (Å²) in [6.07, 6.45) is 0.470. The maximum Gasteiger partial charge on any atom is 0.332 e. The van der Waals surface area contributed by atoms with Crippen molar-refractivity contribution in [3.63, 3.8) is 0 Å². The highest BCUT2D eigenvalue weighted by Crippen LogP contribution is 2.27. The summed E-state index contributed by atoms with van der Waals surface area (Å²) in [5.41, 5.74) is 1.10. The first-order valence-electron chi connectivity index (χ1n) is 11.7. The smallest absolute Gasteiger partial charge is 0.332 e. The molecule has 5 rings (SSSR count). The van der Waals surface area contributed by atoms with E-state index in [1.165, 1.54) is 18.8 Å². The zero-order chi connectivity index (χ0) is 25.9. The van der Waals surface area contributed by atoms with Crippen LogP contribution >= 0.6 is 0 Å². The number of aryl methyl sites for hydroxylation is 1. The summed E-state index contributed by atoms with van der Waals surface area (Å²) in [6, 6.07) is 21.6. The molecule has 0 aliphatic heterocycles. The van der Waals surface area contributed by atoms with Crippen molar-refractivity contribution in [1.82, 2.24) is 9.13 Å². The van der Waals surface area contributed by atoms with Gasteiger partial charge >= 0.3 is 5.69 Å². The van der Waals surface area contributed by atoms with Gasteiger partial charge in [-0.3, -0.25) is 18.7 Å². The molecule has 3 aromatic carbocycles. The van der Waals surface area contributed by atoms with E-state index in [1.54, 1.807) is 42.5 Å². The predicted octanol–water partition coefficient (Wildman–Crippen LogP) is 3.81. The summed E-state index contributed by atoms with van der Waals surface area (Å²) in [5.74, 6) is 0.547. The Kier molecular flexibility index (Phi) is 6.51. The lowest BCUT2D eigenvalue weighted by Gasteiger charge is -2.13. The second-order valence-corrected chi connectivity index (χ2v) is 8.49. The van der Waals surface area contributed by atoms with Crippen LogP contribution in [0.25, 0.3) is 22.1 Å². The number of anilines is 1. The molecule has 5 aromatic rings. The zero-order valence-corrected chi connectivity index (χ0v) is 20.4. The number of carbonyl (C=O) groups is 1. The minimum absolute atomic E-state index is 0.0321. The van der Waals surface area contributed by atoms with Crippen LogP contribution < -0.4 is 26.0 Å². The quantitative estimate of drug-likeness (QED) is 0.348. The van der Waals surface area contributed by atoms with Crippen molar-refractivity contribution in [1.29, 1.82) is 0 Å². The molecule has 0 fully saturated rings. The monoisotopic (exact) mass is 499 g/mol. The third-order valence-corrected chi connectivity index (χ3v) is 6.14. The molecule has 188 valence electrons. The van der Waals surface area contributed by atoms with Gasteiger partial charge in [0.15, 0.2) is 0 Å². The third-order valence-electron chi connectivity index (χ3n) is 6.14. The number of methoxy groups -OCH3 is 2. The van der Waals surface area contributed by atoms with Gasteiger partial charge in [-0.05, 0) is 24.1 Å². The van der Waals surface area contributed by atoms with E-state index >= 15 is 0 Å². The normalized spacial score (nSPS) is 11.1. The van der Waals surface area contributed by atoms with E-state index in [0.29, 0.717) is 40.1 Å². The van der Waals surface area contributed by atoms with Gasteiger partial charge < -0.3 is 19.2 Å². The zero-order valence-electron chi connectivity index (χ0n) is 20.4. The second-order valence-electron chi connectivity index (χ2n) is 8.49. The highest BCUT2D eigenvalue weighted by atomic mass is 16.5. The Morgan fingerprint density at radius 2 is 1.57 bits per heavy atom. The summed E-state index contributed by atoms with van der Waals surface area (Å²) < 4.78 is 18.8. The van der Waals surface area contributed by atoms with E-state index in [4.69, 9.17) is 13.9 Å². The van der Waals surface area contributed by atoms with Crippen LogP contribution in [0, 0.1) is 0 Å². The topological polar surface area (TPSA) is 105 Å². The van der Waals surface area contributed by atoms with E-state index < -0.39 is 17.2 Å². The van der Waals surface area contributed by atoms with Crippen LogP contribution in [0.2, 0.25) is 0 Å². The fourth-order valence-corrected chi connectivity index (χ4v) is 4.35. The molecule has 0 aliphatic carbocycles. The van der Waals surface area contributed by atoms with Gasteiger partial charge in [-0.2, -0.15) is 0 Å². The Hall–Kier alpha value is -4.79. The van der Waals surface area contributed by atoms with Crippen LogP contribution in [-0.2, 0) is 24.3 Å². The number of ether oxygens (including phenoxy) is 2. The molecular formula is C28H25N3O6. The minimum Gasteiger partial charge on any atom is -0.497 e. The van der Waals surface area contributed by atoms with Crippen molar-refractivity contribution in [2.75, 3.05) is 19.5 Å². The standard InChI is InChI=1S/C28H25N3O6/c1-35-20-14-19(15-21(16-20)36-2)29-24(32)17-31-25-22-10-6-7-11-23(22)37-26(25)27(33)30(28(31)34)13-12-18-8-4-3-5-9-18/h3-11,14-16H,12-13,17H2,1-2H3,(H,29,32). The fraction of sp³-hybridized carbons (Fsp3) is 0.179. The number of hydrogen-bond donors (Lipinski definition) is 1. The maximum atomic E-state index is 13.6. The highest BCUT2D eigenvalue weighted by molar-refractivity contribution is 6.03. The Labute approximate surface area is 211 Å². The second kappa shape index (κ2) is 10.1. The Bertz CT molecular complexity index is 1690. The van der Waals surface area contributed by atoms with E-state index in [2.05, 4.69) is 5.32 Å². The van der Waals surface area contributed by atoms with Crippen LogP contribution in [0.15, 0.2) is 86.8 Å². The molecule has 2 heterocycles. The van der Waals surface area contributed by atoms with Gasteiger partial charge in [-0.15, -0.1) is 0 Å². The first-order chi connectivity index (χ1) is 18.0. The molecule has 9 heteroatoms. The van der Waals surface area contributed by atoms with Crippen molar-refractivity contribution in [3.05, 3.63) is 99.2 Å². The van der Waals surface area contributed by atoms with Crippen molar-refractivity contribution in [3.8, 4) is 11.5 Å². The number of amides is 1. The lowest BCUT2D eigenvalue weighted by atomic mass is 10.1. The van der Waals surface area contributed by atoms with Gasteiger partial charge in [-0.1, -0.05) is 42.5 Å². The molecule has 2 aromatic heterocycles. The predicted molar refractivity (Wildman–Crippen MR) is 141 cm³/mol. The molecule has 1 amide bonds. The molecule has 0 radical (unpaired) electrons. The molecule has 0 unspecified atom stereocenters. The number of aromatic nitrogens is 2. The van der Waals surface area contributed by atoms with Crippen molar-refractivity contribution >= 4 is 33.7 Å². The number of rotatable bonds is 8. The lowest BCUT2D eigenvalue weighted by molar-refractivity contribution is -0.116. The number of hydrogen-bond acceptors (Lipinski definition) is 6. The molecular weight excluding hydrogens is 474 g/mol. The number of nitrogens with one attached hydrogen (secondary N) is 1. The third kappa shape index (κ3) is 4.71. The van der Waals surface area contributed by atoms with E-state index in [-0.39, 0.29) is 18.7 Å². The van der Waals surface area contributed by atoms with Crippen LogP contribution in [0.3, 0.4) is 0 Å². The highest BCUT2D eigenvalue weighted by Gasteiger charge is 2.21. The Balaban J connectivity index is 1.57. The van der Waals surface area contributed by atoms with Gasteiger partial charge in [0.2, 0.25) is 11.5 Å². The van der Waals surface area contributed by atoms with Gasteiger partial charge in [0.25, 0.3) is 5.56 Å². The van der Waals surface area contributed by atoms with Crippen molar-refractivity contribution < 1.29 is 18.7 Å². The first-order valence-corrected chi connectivity index (χ1v) is 11.7. The van der Waals surface area contributed by atoms with Crippen LogP contribution in [0.5, 0.6) is 11.5 Å². The summed E-state index contributed by atoms with van der Waals surface area (Å²) in [7, 11) is 3.03. The number of para-hydroxylation sites is 1. The molecule has 9 nitrogen and oxygen atoms in total. The van der Waals surface area contributed by atoms with Gasteiger partial charge in [0.1, 0.15) is 29.1 Å². The summed E-state index contributed by atoms with van der Waals surface area (Å²) in [6.45, 7) is -0.187. The minimum atomic E-state index is -0.585. The summed E-state index contributed by atoms with van der Waals surface area (Å²) >= 11 is 0. The Morgan fingerprint density at radius 1 is 0.892 bits per heavy atom. The van der Waals surface area contributed by atoms with Crippen molar-refractivity contribution in [2.24, 2.45) is 0 Å². The molecule has 0 aliphatic rings. The molecule has 1 N–H and O–H groups in total. The molecule has 0 atom stereocenters. The average Bonchev–Trinajstić information content (AvgIpc) is 3.31. The molecule has 0 spiro atoms. The van der Waals surface area contributed by atoms with E-state index in [0.717, 1.165) is 10.1 Å². The largest absolute Gasteiger partial charge is 0.497 e. The molecule has 0 saturated heterocycles. The molecule has 37 heavy (non-hydrogen) atoms. The van der Waals surface area contributed by atoms with Crippen LogP contribution in [0.1, 0.15) is 5.56 Å². The Morgan fingerprint density at radius 3 is 2.27 bits per heavy atom. The van der Waals surface area contributed by atoms with Gasteiger partial charge in [0, 0.05) is 35.8 Å². The lowest BCUT2D eigenvalue weighted by Crippen LogP contribution is -2.41. The van der Waals surface area contributed by atoms with Crippen molar-refractivity contribution in [2.45, 2.75) is 19.5 Å². The number of carbonyl (C=O) groups excluding carboxylic acids is 1. The number of nitrogens with zero attached hydrogens (tertiary/aromatic N) is 2.